The molecule has 0 bridgehead atoms. The number of nitrogens with zero attached hydrogens (tertiary/aromatic N) is 5. The molecule has 1 aromatic carbocycles. The summed E-state index contributed by atoms with van der Waals surface area (Å²) >= 11 is 0. The monoisotopic (exact) mass is 488 g/mol. The molecule has 1 N–H and O–H groups in total. The molecule has 6 rings (SSSR count). The van der Waals surface area contributed by atoms with Crippen molar-refractivity contribution in [2.24, 2.45) is 18.9 Å². The van der Waals surface area contributed by atoms with Crippen molar-refractivity contribution in [1.82, 2.24) is 19.7 Å². The maximum atomic E-state index is 13.0. The van der Waals surface area contributed by atoms with Gasteiger partial charge in [0.2, 0.25) is 5.91 Å². The van der Waals surface area contributed by atoms with Gasteiger partial charge >= 0.3 is 0 Å². The summed E-state index contributed by atoms with van der Waals surface area (Å²) in [5.41, 5.74) is 3.84. The second kappa shape index (κ2) is 8.85. The lowest BCUT2D eigenvalue weighted by Gasteiger charge is -2.44. The molecule has 1 amide bonds. The highest BCUT2D eigenvalue weighted by Crippen LogP contribution is 2.54. The van der Waals surface area contributed by atoms with Gasteiger partial charge < -0.3 is 15.0 Å². The number of aromatic nitrogens is 3. The van der Waals surface area contributed by atoms with Crippen molar-refractivity contribution in [3.8, 4) is 0 Å². The Morgan fingerprint density at radius 1 is 1.14 bits per heavy atom. The predicted molar refractivity (Wildman–Crippen MR) is 141 cm³/mol. The number of aryl methyl sites for hydroxylation is 2. The van der Waals surface area contributed by atoms with E-state index in [-0.39, 0.29) is 23.3 Å². The number of nitrogens with one attached hydrogen (secondary N) is 1. The van der Waals surface area contributed by atoms with Gasteiger partial charge in [-0.3, -0.25) is 14.4 Å². The summed E-state index contributed by atoms with van der Waals surface area (Å²) in [4.78, 5) is 22.7. The largest absolute Gasteiger partial charge is 0.379 e. The summed E-state index contributed by atoms with van der Waals surface area (Å²) < 4.78 is 7.48. The van der Waals surface area contributed by atoms with Crippen LogP contribution in [0.5, 0.6) is 0 Å². The predicted octanol–water partition coefficient (Wildman–Crippen LogP) is 3.57. The average molecular weight is 489 g/mol. The highest BCUT2D eigenvalue weighted by molar-refractivity contribution is 5.97. The summed E-state index contributed by atoms with van der Waals surface area (Å²) in [7, 11) is 1.91. The average Bonchev–Trinajstić information content (AvgIpc) is 3.15. The minimum Gasteiger partial charge on any atom is -0.379 e. The van der Waals surface area contributed by atoms with Crippen LogP contribution in [0.1, 0.15) is 37.3 Å². The number of piperazine rings is 1. The Hall–Kier alpha value is -2.97. The fourth-order valence-corrected chi connectivity index (χ4v) is 6.29. The summed E-state index contributed by atoms with van der Waals surface area (Å²) in [6.07, 6.45) is 6.87. The number of amides is 1. The Morgan fingerprint density at radius 2 is 1.94 bits per heavy atom. The van der Waals surface area contributed by atoms with E-state index in [4.69, 9.17) is 4.74 Å². The number of carbonyl (C=O) groups is 1. The maximum absolute atomic E-state index is 13.0. The molecular formula is C28H36N6O2. The summed E-state index contributed by atoms with van der Waals surface area (Å²) in [5.74, 6) is 1.15. The van der Waals surface area contributed by atoms with Gasteiger partial charge in [-0.1, -0.05) is 6.92 Å². The lowest BCUT2D eigenvalue weighted by molar-refractivity contribution is -0.117. The number of rotatable bonds is 5. The van der Waals surface area contributed by atoms with Crippen molar-refractivity contribution in [3.63, 3.8) is 0 Å². The fourth-order valence-electron chi connectivity index (χ4n) is 6.29. The third kappa shape index (κ3) is 4.16. The number of benzene rings is 1. The Kier molecular flexibility index (Phi) is 5.76. The van der Waals surface area contributed by atoms with E-state index in [0.29, 0.717) is 11.7 Å². The van der Waals surface area contributed by atoms with E-state index in [2.05, 4.69) is 58.1 Å². The molecule has 2 unspecified atom stereocenters. The molecule has 1 saturated carbocycles. The summed E-state index contributed by atoms with van der Waals surface area (Å²) in [5, 5.41) is 9.54. The molecule has 190 valence electrons. The van der Waals surface area contributed by atoms with Crippen molar-refractivity contribution in [2.75, 3.05) is 49.6 Å². The van der Waals surface area contributed by atoms with Crippen LogP contribution in [0.4, 0.5) is 11.5 Å². The molecule has 3 aromatic rings. The van der Waals surface area contributed by atoms with Crippen molar-refractivity contribution >= 4 is 28.2 Å². The number of hydrogen-bond acceptors (Lipinski definition) is 6. The van der Waals surface area contributed by atoms with E-state index in [1.165, 1.54) is 11.3 Å². The Morgan fingerprint density at radius 3 is 2.64 bits per heavy atom. The van der Waals surface area contributed by atoms with Crippen molar-refractivity contribution in [2.45, 2.75) is 38.6 Å². The third-order valence-electron chi connectivity index (χ3n) is 8.66. The number of fused-ring (bicyclic) bond motifs is 1. The molecule has 8 nitrogen and oxygen atoms in total. The van der Waals surface area contributed by atoms with Gasteiger partial charge in [-0.05, 0) is 60.9 Å². The van der Waals surface area contributed by atoms with Crippen LogP contribution in [0, 0.1) is 18.8 Å². The number of ether oxygens (including phenoxy) is 1. The minimum atomic E-state index is -0.0382. The Balaban J connectivity index is 1.16. The molecule has 2 aliphatic heterocycles. The summed E-state index contributed by atoms with van der Waals surface area (Å²) in [6, 6.07) is 6.48. The SMILES string of the molecule is Cc1cc2cnc(NC(=O)[C@@H]3C(c4cnn(C)c4)[C@H]3C)cc2cc1N1CCN(C2(C)CCOC2)CC1. The van der Waals surface area contributed by atoms with E-state index in [1.807, 2.05) is 31.7 Å². The zero-order chi connectivity index (χ0) is 25.0. The second-order valence-corrected chi connectivity index (χ2v) is 11.2. The van der Waals surface area contributed by atoms with E-state index in [0.717, 1.165) is 62.1 Å². The van der Waals surface area contributed by atoms with Crippen LogP contribution in [-0.2, 0) is 16.6 Å². The number of hydrogen-bond donors (Lipinski definition) is 1. The molecule has 8 heteroatoms. The van der Waals surface area contributed by atoms with E-state index in [1.54, 1.807) is 4.68 Å². The minimum absolute atomic E-state index is 0.0380. The van der Waals surface area contributed by atoms with Gasteiger partial charge in [0.05, 0.1) is 12.8 Å². The molecule has 36 heavy (non-hydrogen) atoms. The van der Waals surface area contributed by atoms with Crippen LogP contribution in [0.2, 0.25) is 0 Å². The maximum Gasteiger partial charge on any atom is 0.229 e. The Bertz CT molecular complexity index is 1290. The second-order valence-electron chi connectivity index (χ2n) is 11.2. The van der Waals surface area contributed by atoms with Gasteiger partial charge in [0.25, 0.3) is 0 Å². The van der Waals surface area contributed by atoms with Crippen LogP contribution in [0.25, 0.3) is 10.8 Å². The van der Waals surface area contributed by atoms with Gasteiger partial charge in [-0.2, -0.15) is 5.10 Å². The molecule has 3 fully saturated rings. The normalized spacial score (nSPS) is 28.6. The van der Waals surface area contributed by atoms with Gasteiger partial charge in [0, 0.05) is 80.7 Å². The van der Waals surface area contributed by atoms with Crippen LogP contribution in [0.15, 0.2) is 36.8 Å². The highest BCUT2D eigenvalue weighted by atomic mass is 16.5. The molecule has 0 spiro atoms. The lowest BCUT2D eigenvalue weighted by Crippen LogP contribution is -2.56. The Labute approximate surface area is 212 Å². The molecule has 0 radical (unpaired) electrons. The quantitative estimate of drug-likeness (QED) is 0.592. The van der Waals surface area contributed by atoms with E-state index < -0.39 is 0 Å². The molecule has 4 heterocycles. The number of pyridine rings is 1. The fraction of sp³-hybridized carbons (Fsp3) is 0.536. The smallest absolute Gasteiger partial charge is 0.229 e. The standard InChI is InChI=1S/C28H36N6O2/c1-18-11-21-14-29-24(31-27(35)26-19(2)25(26)22-15-30-32(4)16-22)13-20(21)12-23(18)33-6-8-34(9-7-33)28(3)5-10-36-17-28/h11-16,19,25-26H,5-10,17H2,1-4H3,(H,29,31,35)/t19-,25?,26+,28?/m1/s1. The zero-order valence-corrected chi connectivity index (χ0v) is 21.7. The zero-order valence-electron chi connectivity index (χ0n) is 21.7. The summed E-state index contributed by atoms with van der Waals surface area (Å²) in [6.45, 7) is 12.5. The first-order valence-corrected chi connectivity index (χ1v) is 13.1. The van der Waals surface area contributed by atoms with Gasteiger partial charge in [-0.15, -0.1) is 0 Å². The molecule has 3 aliphatic rings. The lowest BCUT2D eigenvalue weighted by atomic mass is 9.97. The van der Waals surface area contributed by atoms with Crippen molar-refractivity contribution in [3.05, 3.63) is 47.9 Å². The molecule has 1 aliphatic carbocycles. The first-order valence-electron chi connectivity index (χ1n) is 13.1. The first-order chi connectivity index (χ1) is 17.3. The van der Waals surface area contributed by atoms with Crippen molar-refractivity contribution < 1.29 is 9.53 Å². The van der Waals surface area contributed by atoms with Crippen LogP contribution >= 0.6 is 0 Å². The van der Waals surface area contributed by atoms with Crippen LogP contribution in [-0.4, -0.2) is 70.5 Å². The first kappa shape index (κ1) is 23.4. The van der Waals surface area contributed by atoms with E-state index >= 15 is 0 Å². The van der Waals surface area contributed by atoms with Crippen LogP contribution in [0.3, 0.4) is 0 Å². The van der Waals surface area contributed by atoms with Gasteiger partial charge in [0.15, 0.2) is 0 Å². The molecule has 2 aromatic heterocycles. The number of anilines is 2. The van der Waals surface area contributed by atoms with E-state index in [9.17, 15) is 4.79 Å². The highest BCUT2D eigenvalue weighted by Gasteiger charge is 2.53. The topological polar surface area (TPSA) is 75.5 Å². The van der Waals surface area contributed by atoms with Crippen LogP contribution < -0.4 is 10.2 Å². The molecule has 2 saturated heterocycles. The van der Waals surface area contributed by atoms with Gasteiger partial charge in [0.1, 0.15) is 5.82 Å². The number of carbonyl (C=O) groups excluding carboxylic acids is 1. The van der Waals surface area contributed by atoms with Gasteiger partial charge in [-0.25, -0.2) is 4.98 Å². The van der Waals surface area contributed by atoms with Crippen molar-refractivity contribution in [1.29, 1.82) is 0 Å². The molecular weight excluding hydrogens is 452 g/mol. The molecule has 4 atom stereocenters. The third-order valence-corrected chi connectivity index (χ3v) is 8.66.